The second-order valence-corrected chi connectivity index (χ2v) is 2.33. The van der Waals surface area contributed by atoms with Crippen LogP contribution in [0.1, 0.15) is 33.6 Å². The fourth-order valence-electron chi connectivity index (χ4n) is 0.500. The van der Waals surface area contributed by atoms with Crippen molar-refractivity contribution < 1.29 is 51.4 Å². The van der Waals surface area contributed by atoms with Crippen LogP contribution in [-0.2, 0) is 0 Å². The van der Waals surface area contributed by atoms with Crippen LogP contribution in [0.3, 0.4) is 0 Å². The molecular formula is C7H15K. The first-order chi connectivity index (χ1) is 3.27. The van der Waals surface area contributed by atoms with Gasteiger partial charge in [0.25, 0.3) is 0 Å². The molecule has 0 atom stereocenters. The van der Waals surface area contributed by atoms with Crippen molar-refractivity contribution in [2.24, 2.45) is 5.92 Å². The van der Waals surface area contributed by atoms with E-state index in [-0.39, 0.29) is 51.4 Å². The maximum Gasteiger partial charge on any atom is 1.00 e. The minimum absolute atomic E-state index is 0. The van der Waals surface area contributed by atoms with Crippen LogP contribution < -0.4 is 51.4 Å². The second kappa shape index (κ2) is 8.64. The quantitative estimate of drug-likeness (QED) is 0.369. The summed E-state index contributed by atoms with van der Waals surface area (Å²) in [5.41, 5.74) is 0. The summed E-state index contributed by atoms with van der Waals surface area (Å²) in [7, 11) is 0. The number of hydrogen-bond donors (Lipinski definition) is 0. The van der Waals surface area contributed by atoms with E-state index in [2.05, 4.69) is 27.2 Å². The maximum absolute atomic E-state index is 2.32. The van der Waals surface area contributed by atoms with Crippen LogP contribution in [0.5, 0.6) is 0 Å². The first-order valence-corrected chi connectivity index (χ1v) is 3.09. The molecule has 0 amide bonds. The summed E-state index contributed by atoms with van der Waals surface area (Å²) in [5, 5.41) is 0. The van der Waals surface area contributed by atoms with Crippen LogP contribution in [0.15, 0.2) is 0 Å². The summed E-state index contributed by atoms with van der Waals surface area (Å²) < 4.78 is 0. The van der Waals surface area contributed by atoms with Gasteiger partial charge in [0.2, 0.25) is 0 Å². The molecule has 0 radical (unpaired) electrons. The first kappa shape index (κ1) is 12.3. The first-order valence-electron chi connectivity index (χ1n) is 3.09. The van der Waals surface area contributed by atoms with Gasteiger partial charge in [-0.25, -0.2) is 0 Å². The minimum Gasteiger partial charge on any atom is -0.329 e. The maximum atomic E-state index is 2.32. The van der Waals surface area contributed by atoms with Gasteiger partial charge in [-0.15, -0.1) is 0 Å². The van der Waals surface area contributed by atoms with Crippen molar-refractivity contribution in [3.8, 4) is 0 Å². The Hall–Kier alpha value is 1.64. The Balaban J connectivity index is 0. The Morgan fingerprint density at radius 1 is 1.38 bits per heavy atom. The van der Waals surface area contributed by atoms with Crippen molar-refractivity contribution in [1.82, 2.24) is 0 Å². The Morgan fingerprint density at radius 2 is 1.88 bits per heavy atom. The average Bonchev–Trinajstić information content (AvgIpc) is 1.61. The van der Waals surface area contributed by atoms with Gasteiger partial charge in [0, 0.05) is 0 Å². The molecule has 0 aromatic carbocycles. The number of rotatable bonds is 3. The molecule has 0 aliphatic heterocycles. The van der Waals surface area contributed by atoms with E-state index in [4.69, 9.17) is 0 Å². The molecule has 44 valence electrons. The molecule has 0 spiro atoms. The third-order valence-corrected chi connectivity index (χ3v) is 0.927. The molecule has 0 rings (SSSR count). The Bertz CT molecular complexity index is 33.4. The summed E-state index contributed by atoms with van der Waals surface area (Å²) in [6.45, 7) is 6.67. The van der Waals surface area contributed by atoms with E-state index in [0.29, 0.717) is 0 Å². The van der Waals surface area contributed by atoms with Crippen LogP contribution in [-0.4, -0.2) is 0 Å². The van der Waals surface area contributed by atoms with E-state index in [1.165, 1.54) is 12.8 Å². The second-order valence-electron chi connectivity index (χ2n) is 2.33. The zero-order chi connectivity index (χ0) is 5.70. The SMILES string of the molecule is CC[CH-]CC(C)C.[K+]. The van der Waals surface area contributed by atoms with Crippen LogP contribution in [0.4, 0.5) is 0 Å². The monoisotopic (exact) mass is 138 g/mol. The number of unbranched alkanes of at least 4 members (excludes halogenated alkanes) is 1. The van der Waals surface area contributed by atoms with Crippen molar-refractivity contribution in [2.45, 2.75) is 33.6 Å². The molecule has 0 heterocycles. The van der Waals surface area contributed by atoms with Gasteiger partial charge in [0.1, 0.15) is 0 Å². The zero-order valence-corrected chi connectivity index (χ0v) is 9.69. The predicted molar refractivity (Wildman–Crippen MR) is 34.0 cm³/mol. The van der Waals surface area contributed by atoms with Gasteiger partial charge in [-0.2, -0.15) is 12.8 Å². The molecule has 8 heavy (non-hydrogen) atoms. The standard InChI is InChI=1S/C7H15.K/c1-4-5-6-7(2)3;/h5,7H,4,6H2,1-3H3;/q-1;+1. The molecule has 0 N–H and O–H groups in total. The molecule has 0 saturated heterocycles. The smallest absolute Gasteiger partial charge is 0.329 e. The fraction of sp³-hybridized carbons (Fsp3) is 0.857. The number of hydrogen-bond acceptors (Lipinski definition) is 0. The van der Waals surface area contributed by atoms with Crippen molar-refractivity contribution in [3.05, 3.63) is 6.42 Å². The van der Waals surface area contributed by atoms with E-state index < -0.39 is 0 Å². The van der Waals surface area contributed by atoms with Crippen molar-refractivity contribution in [3.63, 3.8) is 0 Å². The van der Waals surface area contributed by atoms with Gasteiger partial charge >= 0.3 is 51.4 Å². The largest absolute Gasteiger partial charge is 1.00 e. The van der Waals surface area contributed by atoms with Crippen molar-refractivity contribution in [2.75, 3.05) is 0 Å². The Kier molecular flexibility index (Phi) is 13.3. The normalized spacial score (nSPS) is 9.00. The molecule has 0 aromatic rings. The molecule has 0 bridgehead atoms. The predicted octanol–water partition coefficient (Wildman–Crippen LogP) is -0.349. The van der Waals surface area contributed by atoms with E-state index in [0.717, 1.165) is 5.92 Å². The molecular weight excluding hydrogens is 123 g/mol. The van der Waals surface area contributed by atoms with E-state index in [1.54, 1.807) is 0 Å². The third kappa shape index (κ3) is 10.6. The summed E-state index contributed by atoms with van der Waals surface area (Å²) >= 11 is 0. The molecule has 0 nitrogen and oxygen atoms in total. The van der Waals surface area contributed by atoms with Gasteiger partial charge in [0.15, 0.2) is 0 Å². The summed E-state index contributed by atoms with van der Waals surface area (Å²) in [6, 6.07) is 0. The third-order valence-electron chi connectivity index (χ3n) is 0.927. The van der Waals surface area contributed by atoms with Crippen LogP contribution in [0, 0.1) is 12.3 Å². The van der Waals surface area contributed by atoms with Gasteiger partial charge in [0.05, 0.1) is 0 Å². The molecule has 0 fully saturated rings. The Labute approximate surface area is 95.9 Å². The molecule has 0 saturated carbocycles. The van der Waals surface area contributed by atoms with Crippen LogP contribution in [0.2, 0.25) is 0 Å². The van der Waals surface area contributed by atoms with Gasteiger partial charge in [-0.3, -0.25) is 0 Å². The average molecular weight is 138 g/mol. The van der Waals surface area contributed by atoms with E-state index >= 15 is 0 Å². The van der Waals surface area contributed by atoms with Gasteiger partial charge in [-0.05, 0) is 0 Å². The fourth-order valence-corrected chi connectivity index (χ4v) is 0.500. The van der Waals surface area contributed by atoms with Gasteiger partial charge in [-0.1, -0.05) is 26.7 Å². The van der Waals surface area contributed by atoms with Crippen LogP contribution >= 0.6 is 0 Å². The van der Waals surface area contributed by atoms with Crippen LogP contribution in [0.25, 0.3) is 0 Å². The topological polar surface area (TPSA) is 0 Å². The zero-order valence-electron chi connectivity index (χ0n) is 6.57. The van der Waals surface area contributed by atoms with Gasteiger partial charge < -0.3 is 6.42 Å². The minimum atomic E-state index is 0. The summed E-state index contributed by atoms with van der Waals surface area (Å²) in [6.07, 6.45) is 4.82. The van der Waals surface area contributed by atoms with E-state index in [1.807, 2.05) is 0 Å². The Morgan fingerprint density at radius 3 is 2.00 bits per heavy atom. The van der Waals surface area contributed by atoms with Crippen molar-refractivity contribution in [1.29, 1.82) is 0 Å². The molecule has 0 aliphatic carbocycles. The molecule has 1 heteroatoms. The summed E-state index contributed by atoms with van der Waals surface area (Å²) in [4.78, 5) is 0. The van der Waals surface area contributed by atoms with Crippen molar-refractivity contribution >= 4 is 0 Å². The molecule has 0 aromatic heterocycles. The summed E-state index contributed by atoms with van der Waals surface area (Å²) in [5.74, 6) is 0.847. The molecule has 0 aliphatic rings. The van der Waals surface area contributed by atoms with E-state index in [9.17, 15) is 0 Å². The molecule has 0 unspecified atom stereocenters.